The van der Waals surface area contributed by atoms with Gasteiger partial charge < -0.3 is 4.90 Å². The molecule has 1 rings (SSSR count). The first-order chi connectivity index (χ1) is 8.11. The second-order valence-electron chi connectivity index (χ2n) is 6.09. The molecule has 0 aromatic heterocycles. The molecule has 0 atom stereocenters. The number of carbonyl (C=O) groups is 1. The highest BCUT2D eigenvalue weighted by molar-refractivity contribution is 5.99. The summed E-state index contributed by atoms with van der Waals surface area (Å²) in [5.74, 6) is -0.433. The van der Waals surface area contributed by atoms with Crippen LogP contribution in [0.1, 0.15) is 43.6 Å². The molecule has 100 valence electrons. The van der Waals surface area contributed by atoms with E-state index in [-0.39, 0.29) is 17.0 Å². The molecule has 0 unspecified atom stereocenters. The minimum Gasteiger partial charge on any atom is -0.373 e. The molecule has 0 bridgehead atoms. The predicted octanol–water partition coefficient (Wildman–Crippen LogP) is 3.82. The SMILES string of the molecule is CC(=O)c1cc(F)c(C)cc1N(C)CC(C)(C)C. The topological polar surface area (TPSA) is 20.3 Å². The number of rotatable bonds is 3. The van der Waals surface area contributed by atoms with Crippen LogP contribution in [0.15, 0.2) is 12.1 Å². The zero-order chi connectivity index (χ0) is 14.1. The van der Waals surface area contributed by atoms with Gasteiger partial charge in [-0.2, -0.15) is 0 Å². The first kappa shape index (κ1) is 14.7. The lowest BCUT2D eigenvalue weighted by molar-refractivity contribution is 0.101. The summed E-state index contributed by atoms with van der Waals surface area (Å²) in [6.07, 6.45) is 0. The summed E-state index contributed by atoms with van der Waals surface area (Å²) in [6, 6.07) is 3.09. The van der Waals surface area contributed by atoms with E-state index in [4.69, 9.17) is 0 Å². The van der Waals surface area contributed by atoms with Gasteiger partial charge in [-0.3, -0.25) is 4.79 Å². The standard InChI is InChI=1S/C15H22FNO/c1-10-7-14(17(6)9-15(3,4)5)12(11(2)18)8-13(10)16/h7-8H,9H2,1-6H3. The van der Waals surface area contributed by atoms with Crippen molar-refractivity contribution in [2.75, 3.05) is 18.5 Å². The minimum absolute atomic E-state index is 0.107. The Morgan fingerprint density at radius 3 is 2.33 bits per heavy atom. The van der Waals surface area contributed by atoms with Crippen molar-refractivity contribution in [2.24, 2.45) is 5.41 Å². The predicted molar refractivity (Wildman–Crippen MR) is 73.9 cm³/mol. The number of halogens is 1. The van der Waals surface area contributed by atoms with E-state index in [0.29, 0.717) is 11.1 Å². The molecule has 0 spiro atoms. The van der Waals surface area contributed by atoms with Crippen molar-refractivity contribution in [3.05, 3.63) is 29.1 Å². The number of hydrogen-bond acceptors (Lipinski definition) is 2. The van der Waals surface area contributed by atoms with Crippen molar-refractivity contribution in [1.29, 1.82) is 0 Å². The van der Waals surface area contributed by atoms with Crippen molar-refractivity contribution in [3.63, 3.8) is 0 Å². The first-order valence-corrected chi connectivity index (χ1v) is 6.14. The molecule has 0 fully saturated rings. The van der Waals surface area contributed by atoms with Gasteiger partial charge >= 0.3 is 0 Å². The van der Waals surface area contributed by atoms with Gasteiger partial charge in [0.05, 0.1) is 0 Å². The molecule has 0 aliphatic carbocycles. The minimum atomic E-state index is -0.326. The summed E-state index contributed by atoms with van der Waals surface area (Å²) >= 11 is 0. The Balaban J connectivity index is 3.22. The molecule has 0 saturated heterocycles. The second kappa shape index (κ2) is 5.09. The Hall–Kier alpha value is -1.38. The molecular weight excluding hydrogens is 229 g/mol. The van der Waals surface area contributed by atoms with Crippen molar-refractivity contribution in [2.45, 2.75) is 34.6 Å². The maximum absolute atomic E-state index is 13.6. The largest absolute Gasteiger partial charge is 0.373 e. The molecule has 0 heterocycles. The smallest absolute Gasteiger partial charge is 0.161 e. The fourth-order valence-corrected chi connectivity index (χ4v) is 2.06. The highest BCUT2D eigenvalue weighted by Gasteiger charge is 2.19. The van der Waals surface area contributed by atoms with E-state index in [1.165, 1.54) is 13.0 Å². The van der Waals surface area contributed by atoms with Crippen LogP contribution in [-0.4, -0.2) is 19.4 Å². The molecule has 2 nitrogen and oxygen atoms in total. The van der Waals surface area contributed by atoms with Crippen LogP contribution in [0, 0.1) is 18.2 Å². The molecule has 1 aromatic rings. The zero-order valence-corrected chi connectivity index (χ0v) is 12.1. The molecule has 0 saturated carbocycles. The van der Waals surface area contributed by atoms with Crippen LogP contribution in [0.5, 0.6) is 0 Å². The normalized spacial score (nSPS) is 11.5. The van der Waals surface area contributed by atoms with E-state index >= 15 is 0 Å². The number of aryl methyl sites for hydroxylation is 1. The summed E-state index contributed by atoms with van der Waals surface area (Å²) in [5, 5.41) is 0. The fourth-order valence-electron chi connectivity index (χ4n) is 2.06. The molecule has 0 radical (unpaired) electrons. The van der Waals surface area contributed by atoms with Crippen molar-refractivity contribution >= 4 is 11.5 Å². The van der Waals surface area contributed by atoms with E-state index in [1.807, 2.05) is 11.9 Å². The first-order valence-electron chi connectivity index (χ1n) is 6.14. The van der Waals surface area contributed by atoms with E-state index < -0.39 is 0 Å². The molecule has 0 aliphatic heterocycles. The van der Waals surface area contributed by atoms with Gasteiger partial charge in [-0.1, -0.05) is 20.8 Å². The van der Waals surface area contributed by atoms with Crippen LogP contribution < -0.4 is 4.90 Å². The van der Waals surface area contributed by atoms with Gasteiger partial charge in [0.25, 0.3) is 0 Å². The summed E-state index contributed by atoms with van der Waals surface area (Å²) in [5.41, 5.74) is 1.93. The highest BCUT2D eigenvalue weighted by Crippen LogP contribution is 2.27. The molecule has 1 aromatic carbocycles. The summed E-state index contributed by atoms with van der Waals surface area (Å²) in [7, 11) is 1.93. The Morgan fingerprint density at radius 2 is 1.89 bits per heavy atom. The summed E-state index contributed by atoms with van der Waals surface area (Å²) in [4.78, 5) is 13.6. The third kappa shape index (κ3) is 3.56. The number of anilines is 1. The van der Waals surface area contributed by atoms with E-state index in [1.54, 1.807) is 13.0 Å². The van der Waals surface area contributed by atoms with E-state index in [2.05, 4.69) is 20.8 Å². The third-order valence-corrected chi connectivity index (χ3v) is 2.78. The van der Waals surface area contributed by atoms with E-state index in [9.17, 15) is 9.18 Å². The van der Waals surface area contributed by atoms with E-state index in [0.717, 1.165) is 12.2 Å². The van der Waals surface area contributed by atoms with Gasteiger partial charge in [0.2, 0.25) is 0 Å². The maximum atomic E-state index is 13.6. The summed E-state index contributed by atoms with van der Waals surface area (Å²) in [6.45, 7) is 10.4. The quantitative estimate of drug-likeness (QED) is 0.761. The molecule has 3 heteroatoms. The molecule has 0 amide bonds. The molecule has 0 aliphatic rings. The van der Waals surface area contributed by atoms with Crippen molar-refractivity contribution in [3.8, 4) is 0 Å². The zero-order valence-electron chi connectivity index (χ0n) is 12.1. The number of Topliss-reactive ketones (excluding diaryl/α,β-unsaturated/α-hetero) is 1. The van der Waals surface area contributed by atoms with Gasteiger partial charge in [-0.25, -0.2) is 4.39 Å². The van der Waals surface area contributed by atoms with Crippen LogP contribution in [0.25, 0.3) is 0 Å². The average Bonchev–Trinajstić information content (AvgIpc) is 2.18. The van der Waals surface area contributed by atoms with Gasteiger partial charge in [0.15, 0.2) is 5.78 Å². The molecule has 18 heavy (non-hydrogen) atoms. The summed E-state index contributed by atoms with van der Waals surface area (Å²) < 4.78 is 13.6. The number of benzene rings is 1. The molecular formula is C15H22FNO. The Morgan fingerprint density at radius 1 is 1.33 bits per heavy atom. The lowest BCUT2D eigenvalue weighted by Crippen LogP contribution is -2.30. The Kier molecular flexibility index (Phi) is 4.15. The van der Waals surface area contributed by atoms with Gasteiger partial charge in [0, 0.05) is 24.8 Å². The lowest BCUT2D eigenvalue weighted by Gasteiger charge is -2.29. The second-order valence-corrected chi connectivity index (χ2v) is 6.09. The number of ketones is 1. The van der Waals surface area contributed by atoms with Crippen molar-refractivity contribution in [1.82, 2.24) is 0 Å². The van der Waals surface area contributed by atoms with Crippen molar-refractivity contribution < 1.29 is 9.18 Å². The lowest BCUT2D eigenvalue weighted by atomic mass is 9.95. The van der Waals surface area contributed by atoms with Crippen LogP contribution in [0.3, 0.4) is 0 Å². The monoisotopic (exact) mass is 251 g/mol. The van der Waals surface area contributed by atoms with Crippen LogP contribution in [0.2, 0.25) is 0 Å². The number of hydrogen-bond donors (Lipinski definition) is 0. The van der Waals surface area contributed by atoms with Gasteiger partial charge in [-0.15, -0.1) is 0 Å². The van der Waals surface area contributed by atoms with Gasteiger partial charge in [-0.05, 0) is 37.0 Å². The fraction of sp³-hybridized carbons (Fsp3) is 0.533. The van der Waals surface area contributed by atoms with Crippen LogP contribution >= 0.6 is 0 Å². The average molecular weight is 251 g/mol. The highest BCUT2D eigenvalue weighted by atomic mass is 19.1. The number of nitrogens with zero attached hydrogens (tertiary/aromatic N) is 1. The molecule has 0 N–H and O–H groups in total. The van der Waals surface area contributed by atoms with Gasteiger partial charge in [0.1, 0.15) is 5.82 Å². The van der Waals surface area contributed by atoms with Crippen LogP contribution in [0.4, 0.5) is 10.1 Å². The third-order valence-electron chi connectivity index (χ3n) is 2.78. The Bertz CT molecular complexity index is 460. The van der Waals surface area contributed by atoms with Crippen LogP contribution in [-0.2, 0) is 0 Å². The number of carbonyl (C=O) groups excluding carboxylic acids is 1. The maximum Gasteiger partial charge on any atom is 0.161 e. The Labute approximate surface area is 109 Å².